The number of esters is 1. The highest BCUT2D eigenvalue weighted by molar-refractivity contribution is 5.90. The maximum atomic E-state index is 16.3. The summed E-state index contributed by atoms with van der Waals surface area (Å²) in [5.41, 5.74) is 6.85. The van der Waals surface area contributed by atoms with Crippen molar-refractivity contribution in [3.05, 3.63) is 119 Å². The van der Waals surface area contributed by atoms with Crippen molar-refractivity contribution in [3.8, 4) is 52.3 Å². The van der Waals surface area contributed by atoms with Crippen LogP contribution in [0.25, 0.3) is 0 Å². The van der Waals surface area contributed by atoms with E-state index in [1.165, 1.54) is 61.7 Å². The molecule has 254 valence electrons. The van der Waals surface area contributed by atoms with Crippen molar-refractivity contribution in [1.29, 1.82) is 10.7 Å². The molecule has 0 atom stereocenters. The minimum Gasteiger partial charge on any atom is -0.493 e. The van der Waals surface area contributed by atoms with Crippen LogP contribution in [0.4, 0.5) is 14.5 Å². The van der Waals surface area contributed by atoms with Gasteiger partial charge in [-0.25, -0.2) is 4.79 Å². The minimum atomic E-state index is -1.38. The Labute approximate surface area is 285 Å². The maximum absolute atomic E-state index is 16.3. The summed E-state index contributed by atoms with van der Waals surface area (Å²) in [6.07, 6.45) is 0. The minimum absolute atomic E-state index is 0.0286. The fourth-order valence-corrected chi connectivity index (χ4v) is 4.43. The Hall–Kier alpha value is -6.88. The van der Waals surface area contributed by atoms with Crippen molar-refractivity contribution >= 4 is 17.6 Å². The Morgan fingerprint density at radius 3 is 2.32 bits per heavy atom. The maximum Gasteiger partial charge on any atom is 0.338 e. The molecule has 0 aliphatic heterocycles. The van der Waals surface area contributed by atoms with Crippen LogP contribution in [-0.2, 0) is 11.3 Å². The van der Waals surface area contributed by atoms with Crippen LogP contribution in [0.1, 0.15) is 28.4 Å². The summed E-state index contributed by atoms with van der Waals surface area (Å²) in [6, 6.07) is 25.3. The van der Waals surface area contributed by atoms with Crippen molar-refractivity contribution in [2.24, 2.45) is 5.73 Å². The lowest BCUT2D eigenvalue weighted by Gasteiger charge is -2.17. The van der Waals surface area contributed by atoms with Gasteiger partial charge in [0, 0.05) is 17.8 Å². The van der Waals surface area contributed by atoms with Gasteiger partial charge < -0.3 is 39.5 Å². The average molecular weight is 682 g/mol. The van der Waals surface area contributed by atoms with E-state index in [4.69, 9.17) is 39.6 Å². The molecule has 0 aliphatic rings. The lowest BCUT2D eigenvalue weighted by molar-refractivity contribution is 0.0526. The molecule has 0 spiro atoms. The molecule has 14 heteroatoms. The number of benzene rings is 4. The predicted octanol–water partition coefficient (Wildman–Crippen LogP) is 7.68. The van der Waals surface area contributed by atoms with Crippen molar-refractivity contribution in [3.63, 3.8) is 0 Å². The summed E-state index contributed by atoms with van der Waals surface area (Å²) in [6.45, 7) is 1.88. The standard InChI is InChI=1S/C36H29F2N5O7/c1-3-46-35(44)23-13-15-27(28(17-23)45-2)49-32-30(37)33(48-25-11-7-10-24(18-25)42-36(40)41)43-34(31(32)38)50-29-16-22(19-39)12-14-26(29)47-20-21-8-5-4-6-9-21/h4-18H,3,20H2,1-2H3,(H4,40,41,42). The van der Waals surface area contributed by atoms with Crippen molar-refractivity contribution in [2.45, 2.75) is 13.5 Å². The third-order valence-electron chi connectivity index (χ3n) is 6.71. The molecular weight excluding hydrogens is 652 g/mol. The third kappa shape index (κ3) is 8.33. The first kappa shape index (κ1) is 34.5. The smallest absolute Gasteiger partial charge is 0.338 e. The number of hydrogen-bond acceptors (Lipinski definition) is 10. The first-order chi connectivity index (χ1) is 24.2. The number of hydrogen-bond donors (Lipinski definition) is 3. The normalized spacial score (nSPS) is 10.4. The highest BCUT2D eigenvalue weighted by atomic mass is 19.1. The number of guanidine groups is 1. The number of ether oxygens (including phenoxy) is 6. The number of anilines is 1. The highest BCUT2D eigenvalue weighted by Gasteiger charge is 2.28. The number of nitrogens with one attached hydrogen (secondary N) is 2. The number of nitrogens with zero attached hydrogens (tertiary/aromatic N) is 2. The van der Waals surface area contributed by atoms with Crippen LogP contribution < -0.4 is 34.7 Å². The van der Waals surface area contributed by atoms with Crippen LogP contribution in [0.2, 0.25) is 0 Å². The van der Waals surface area contributed by atoms with Crippen LogP contribution in [0, 0.1) is 28.4 Å². The first-order valence-electron chi connectivity index (χ1n) is 14.9. The quantitative estimate of drug-likeness (QED) is 0.0632. The molecule has 4 N–H and O–H groups in total. The topological polar surface area (TPSA) is 171 Å². The molecule has 0 fully saturated rings. The molecule has 0 saturated carbocycles. The van der Waals surface area contributed by atoms with E-state index in [9.17, 15) is 10.1 Å². The summed E-state index contributed by atoms with van der Waals surface area (Å²) in [4.78, 5) is 16.3. The number of carbonyl (C=O) groups excluding carboxylic acids is 1. The number of rotatable bonds is 13. The molecule has 0 saturated heterocycles. The summed E-state index contributed by atoms with van der Waals surface area (Å²) >= 11 is 0. The molecule has 0 radical (unpaired) electrons. The molecule has 0 unspecified atom stereocenters. The third-order valence-corrected chi connectivity index (χ3v) is 6.71. The molecule has 5 rings (SSSR count). The average Bonchev–Trinajstić information content (AvgIpc) is 3.12. The van der Waals surface area contributed by atoms with E-state index in [0.717, 1.165) is 5.56 Å². The van der Waals surface area contributed by atoms with Gasteiger partial charge >= 0.3 is 5.97 Å². The van der Waals surface area contributed by atoms with Crippen molar-refractivity contribution in [2.75, 3.05) is 19.0 Å². The fourth-order valence-electron chi connectivity index (χ4n) is 4.43. The van der Waals surface area contributed by atoms with Crippen LogP contribution >= 0.6 is 0 Å². The predicted molar refractivity (Wildman–Crippen MR) is 177 cm³/mol. The molecule has 5 aromatic rings. The van der Waals surface area contributed by atoms with E-state index in [1.807, 2.05) is 36.4 Å². The van der Waals surface area contributed by atoms with E-state index < -0.39 is 35.1 Å². The van der Waals surface area contributed by atoms with Gasteiger partial charge in [0.25, 0.3) is 11.8 Å². The number of halogens is 2. The molecule has 1 heterocycles. The van der Waals surface area contributed by atoms with Gasteiger partial charge in [0.15, 0.2) is 29.0 Å². The number of pyridine rings is 1. The van der Waals surface area contributed by atoms with Gasteiger partial charge in [-0.05, 0) is 55.0 Å². The molecule has 0 bridgehead atoms. The Morgan fingerprint density at radius 2 is 1.62 bits per heavy atom. The number of nitrogens with two attached hydrogens (primary N) is 1. The summed E-state index contributed by atoms with van der Waals surface area (Å²) < 4.78 is 65.9. The van der Waals surface area contributed by atoms with Crippen LogP contribution in [0.15, 0.2) is 91.0 Å². The van der Waals surface area contributed by atoms with Gasteiger partial charge in [0.2, 0.25) is 17.4 Å². The highest BCUT2D eigenvalue weighted by Crippen LogP contribution is 2.43. The van der Waals surface area contributed by atoms with Gasteiger partial charge in [-0.15, -0.1) is 0 Å². The zero-order valence-corrected chi connectivity index (χ0v) is 26.7. The van der Waals surface area contributed by atoms with Crippen molar-refractivity contribution < 1.29 is 42.0 Å². The number of nitriles is 1. The molecule has 12 nitrogen and oxygen atoms in total. The van der Waals surface area contributed by atoms with Gasteiger partial charge in [-0.3, -0.25) is 5.41 Å². The zero-order chi connectivity index (χ0) is 35.6. The molecule has 50 heavy (non-hydrogen) atoms. The molecule has 1 aromatic heterocycles. The van der Waals surface area contributed by atoms with Gasteiger partial charge in [0.05, 0.1) is 30.9 Å². The van der Waals surface area contributed by atoms with Crippen LogP contribution in [-0.4, -0.2) is 30.6 Å². The zero-order valence-electron chi connectivity index (χ0n) is 26.7. The number of aromatic nitrogens is 1. The summed E-state index contributed by atoms with van der Waals surface area (Å²) in [7, 11) is 1.28. The van der Waals surface area contributed by atoms with E-state index in [2.05, 4.69) is 10.3 Å². The largest absolute Gasteiger partial charge is 0.493 e. The lowest BCUT2D eigenvalue weighted by atomic mass is 10.2. The van der Waals surface area contributed by atoms with E-state index >= 15 is 8.78 Å². The summed E-state index contributed by atoms with van der Waals surface area (Å²) in [5, 5.41) is 19.6. The second-order valence-corrected chi connectivity index (χ2v) is 10.2. The number of carbonyl (C=O) groups is 1. The van der Waals surface area contributed by atoms with E-state index in [0.29, 0.717) is 5.69 Å². The second-order valence-electron chi connectivity index (χ2n) is 10.2. The molecule has 0 amide bonds. The Balaban J connectivity index is 1.58. The Kier molecular flexibility index (Phi) is 10.9. The van der Waals surface area contributed by atoms with E-state index in [-0.39, 0.29) is 59.0 Å². The Morgan fingerprint density at radius 1 is 0.880 bits per heavy atom. The first-order valence-corrected chi connectivity index (χ1v) is 14.9. The second kappa shape index (κ2) is 15.8. The van der Waals surface area contributed by atoms with Crippen LogP contribution in [0.5, 0.6) is 46.3 Å². The number of methoxy groups -OCH3 is 1. The monoisotopic (exact) mass is 681 g/mol. The Bertz CT molecular complexity index is 2070. The molecule has 0 aliphatic carbocycles. The van der Waals surface area contributed by atoms with Gasteiger partial charge in [0.1, 0.15) is 12.4 Å². The molecular formula is C36H29F2N5O7. The summed E-state index contributed by atoms with van der Waals surface area (Å²) in [5.74, 6) is -6.46. The van der Waals surface area contributed by atoms with Gasteiger partial charge in [-0.1, -0.05) is 36.4 Å². The van der Waals surface area contributed by atoms with Crippen LogP contribution in [0.3, 0.4) is 0 Å². The van der Waals surface area contributed by atoms with Gasteiger partial charge in [-0.2, -0.15) is 19.0 Å². The fraction of sp³-hybridized carbons (Fsp3) is 0.111. The molecule has 4 aromatic carbocycles. The van der Waals surface area contributed by atoms with Crippen molar-refractivity contribution in [1.82, 2.24) is 4.98 Å². The van der Waals surface area contributed by atoms with E-state index in [1.54, 1.807) is 13.0 Å². The SMILES string of the molecule is CCOC(=O)c1ccc(Oc2c(F)c(Oc3cccc(NC(=N)N)c3)nc(Oc3cc(C#N)ccc3OCc3ccccc3)c2F)c(OC)c1. The lowest BCUT2D eigenvalue weighted by Crippen LogP contribution is -2.20.